The van der Waals surface area contributed by atoms with Gasteiger partial charge in [0, 0.05) is 12.5 Å². The van der Waals surface area contributed by atoms with Crippen molar-refractivity contribution in [3.63, 3.8) is 0 Å². The number of rotatable bonds is 5. The van der Waals surface area contributed by atoms with E-state index in [0.717, 1.165) is 0 Å². The Kier molecular flexibility index (Phi) is 3.74. The molecule has 0 aliphatic rings. The molecule has 8 heteroatoms. The van der Waals surface area contributed by atoms with Crippen LogP contribution in [0.2, 0.25) is 0 Å². The summed E-state index contributed by atoms with van der Waals surface area (Å²) in [5, 5.41) is 27.0. The van der Waals surface area contributed by atoms with Crippen LogP contribution in [0.1, 0.15) is 17.9 Å². The lowest BCUT2D eigenvalue weighted by Crippen LogP contribution is -1.97. The van der Waals surface area contributed by atoms with Gasteiger partial charge in [0.25, 0.3) is 11.6 Å². The molecule has 0 aliphatic carbocycles. The standard InChI is InChI=1S/C12H11N3O5/c1-7-3-2-4-8(15(18)19)11(7)12-14-13-9(20-12)5-6-10(16)17/h2-4H,5-6H2,1H3,(H,16,17). The highest BCUT2D eigenvalue weighted by Crippen LogP contribution is 2.31. The van der Waals surface area contributed by atoms with Gasteiger partial charge in [-0.05, 0) is 12.5 Å². The zero-order chi connectivity index (χ0) is 14.7. The smallest absolute Gasteiger partial charge is 0.303 e. The number of hydrogen-bond acceptors (Lipinski definition) is 6. The van der Waals surface area contributed by atoms with Crippen molar-refractivity contribution in [1.29, 1.82) is 0 Å². The summed E-state index contributed by atoms with van der Waals surface area (Å²) in [6.07, 6.45) is -0.0560. The lowest BCUT2D eigenvalue weighted by atomic mass is 10.1. The quantitative estimate of drug-likeness (QED) is 0.655. The Morgan fingerprint density at radius 1 is 1.45 bits per heavy atom. The average Bonchev–Trinajstić information content (AvgIpc) is 2.84. The molecular formula is C12H11N3O5. The Bertz CT molecular complexity index is 665. The van der Waals surface area contributed by atoms with Crippen molar-refractivity contribution in [2.24, 2.45) is 0 Å². The summed E-state index contributed by atoms with van der Waals surface area (Å²) >= 11 is 0. The molecule has 1 N–H and O–H groups in total. The lowest BCUT2D eigenvalue weighted by molar-refractivity contribution is -0.384. The van der Waals surface area contributed by atoms with E-state index in [-0.39, 0.29) is 35.9 Å². The lowest BCUT2D eigenvalue weighted by Gasteiger charge is -2.01. The van der Waals surface area contributed by atoms with Crippen LogP contribution in [0.25, 0.3) is 11.5 Å². The highest BCUT2D eigenvalue weighted by molar-refractivity contribution is 5.70. The average molecular weight is 277 g/mol. The molecule has 0 unspecified atom stereocenters. The van der Waals surface area contributed by atoms with Crippen LogP contribution in [-0.2, 0) is 11.2 Å². The number of nitrogens with zero attached hydrogens (tertiary/aromatic N) is 3. The molecule has 20 heavy (non-hydrogen) atoms. The Labute approximate surface area is 113 Å². The van der Waals surface area contributed by atoms with E-state index < -0.39 is 10.9 Å². The van der Waals surface area contributed by atoms with Crippen LogP contribution in [0, 0.1) is 17.0 Å². The molecule has 0 saturated carbocycles. The minimum absolute atomic E-state index is 0.0233. The van der Waals surface area contributed by atoms with E-state index in [9.17, 15) is 14.9 Å². The number of carboxylic acids is 1. The molecule has 0 aliphatic heterocycles. The fraction of sp³-hybridized carbons (Fsp3) is 0.250. The second-order valence-corrected chi connectivity index (χ2v) is 4.12. The molecule has 2 aromatic rings. The monoisotopic (exact) mass is 277 g/mol. The van der Waals surface area contributed by atoms with Gasteiger partial charge in [0.05, 0.1) is 11.3 Å². The first-order chi connectivity index (χ1) is 9.49. The van der Waals surface area contributed by atoms with Crippen molar-refractivity contribution in [3.8, 4) is 11.5 Å². The van der Waals surface area contributed by atoms with Gasteiger partial charge >= 0.3 is 5.97 Å². The van der Waals surface area contributed by atoms with Gasteiger partial charge in [-0.1, -0.05) is 12.1 Å². The number of benzene rings is 1. The molecule has 0 saturated heterocycles. The largest absolute Gasteiger partial charge is 0.481 e. The maximum atomic E-state index is 11.0. The molecule has 0 spiro atoms. The Morgan fingerprint density at radius 2 is 2.20 bits per heavy atom. The fourth-order valence-corrected chi connectivity index (χ4v) is 1.75. The van der Waals surface area contributed by atoms with Crippen molar-refractivity contribution in [2.75, 3.05) is 0 Å². The van der Waals surface area contributed by atoms with Crippen molar-refractivity contribution in [1.82, 2.24) is 10.2 Å². The minimum Gasteiger partial charge on any atom is -0.481 e. The highest BCUT2D eigenvalue weighted by Gasteiger charge is 2.22. The first-order valence-electron chi connectivity index (χ1n) is 5.77. The zero-order valence-electron chi connectivity index (χ0n) is 10.6. The minimum atomic E-state index is -0.980. The molecule has 2 rings (SSSR count). The first-order valence-corrected chi connectivity index (χ1v) is 5.77. The first kappa shape index (κ1) is 13.7. The van der Waals surface area contributed by atoms with Gasteiger partial charge in [-0.25, -0.2) is 0 Å². The normalized spacial score (nSPS) is 10.4. The number of carbonyl (C=O) groups is 1. The van der Waals surface area contributed by atoms with Crippen molar-refractivity contribution < 1.29 is 19.2 Å². The van der Waals surface area contributed by atoms with Crippen molar-refractivity contribution in [3.05, 3.63) is 39.8 Å². The molecule has 8 nitrogen and oxygen atoms in total. The van der Waals surface area contributed by atoms with Gasteiger partial charge in [-0.3, -0.25) is 14.9 Å². The number of aliphatic carboxylic acids is 1. The number of aryl methyl sites for hydroxylation is 2. The number of hydrogen-bond donors (Lipinski definition) is 1. The fourth-order valence-electron chi connectivity index (χ4n) is 1.75. The second kappa shape index (κ2) is 5.47. The predicted molar refractivity (Wildman–Crippen MR) is 67.1 cm³/mol. The summed E-state index contributed by atoms with van der Waals surface area (Å²) in [5.41, 5.74) is 0.762. The van der Waals surface area contributed by atoms with E-state index >= 15 is 0 Å². The summed E-state index contributed by atoms with van der Waals surface area (Å²) in [5.74, 6) is -0.818. The highest BCUT2D eigenvalue weighted by atomic mass is 16.6. The Hall–Kier alpha value is -2.77. The molecule has 1 heterocycles. The van der Waals surface area contributed by atoms with E-state index in [0.29, 0.717) is 5.56 Å². The van der Waals surface area contributed by atoms with E-state index in [1.54, 1.807) is 19.1 Å². The zero-order valence-corrected chi connectivity index (χ0v) is 10.6. The van der Waals surface area contributed by atoms with Crippen molar-refractivity contribution in [2.45, 2.75) is 19.8 Å². The van der Waals surface area contributed by atoms with Crippen LogP contribution in [0.15, 0.2) is 22.6 Å². The van der Waals surface area contributed by atoms with Gasteiger partial charge in [0.1, 0.15) is 5.56 Å². The Morgan fingerprint density at radius 3 is 2.85 bits per heavy atom. The molecular weight excluding hydrogens is 266 g/mol. The van der Waals surface area contributed by atoms with Crippen LogP contribution in [0.3, 0.4) is 0 Å². The van der Waals surface area contributed by atoms with Crippen LogP contribution in [-0.4, -0.2) is 26.2 Å². The summed E-state index contributed by atoms with van der Waals surface area (Å²) in [4.78, 5) is 21.0. The van der Waals surface area contributed by atoms with Gasteiger partial charge in [0.2, 0.25) is 5.89 Å². The van der Waals surface area contributed by atoms with Crippen LogP contribution >= 0.6 is 0 Å². The van der Waals surface area contributed by atoms with Crippen LogP contribution in [0.4, 0.5) is 5.69 Å². The summed E-state index contributed by atoms with van der Waals surface area (Å²) < 4.78 is 5.30. The Balaban J connectivity index is 2.37. The van der Waals surface area contributed by atoms with Gasteiger partial charge in [0.15, 0.2) is 0 Å². The van der Waals surface area contributed by atoms with Crippen molar-refractivity contribution >= 4 is 11.7 Å². The maximum absolute atomic E-state index is 11.0. The van der Waals surface area contributed by atoms with Gasteiger partial charge in [-0.15, -0.1) is 10.2 Å². The molecule has 1 aromatic carbocycles. The third-order valence-corrected chi connectivity index (χ3v) is 2.68. The maximum Gasteiger partial charge on any atom is 0.303 e. The number of aromatic nitrogens is 2. The second-order valence-electron chi connectivity index (χ2n) is 4.12. The number of nitro groups is 1. The molecule has 0 atom stereocenters. The third-order valence-electron chi connectivity index (χ3n) is 2.68. The van der Waals surface area contributed by atoms with Crippen LogP contribution in [0.5, 0.6) is 0 Å². The van der Waals surface area contributed by atoms with Crippen LogP contribution < -0.4 is 0 Å². The predicted octanol–water partition coefficient (Wildman–Crippen LogP) is 1.97. The molecule has 1 aromatic heterocycles. The van der Waals surface area contributed by atoms with E-state index in [1.165, 1.54) is 6.07 Å². The molecule has 0 radical (unpaired) electrons. The third kappa shape index (κ3) is 2.79. The molecule has 0 bridgehead atoms. The van der Waals surface area contributed by atoms with Gasteiger partial charge in [-0.2, -0.15) is 0 Å². The van der Waals surface area contributed by atoms with E-state index in [1.807, 2.05) is 0 Å². The topological polar surface area (TPSA) is 119 Å². The SMILES string of the molecule is Cc1cccc([N+](=O)[O-])c1-c1nnc(CCC(=O)O)o1. The van der Waals surface area contributed by atoms with E-state index in [4.69, 9.17) is 9.52 Å². The molecule has 0 amide bonds. The van der Waals surface area contributed by atoms with Gasteiger partial charge < -0.3 is 9.52 Å². The van der Waals surface area contributed by atoms with E-state index in [2.05, 4.69) is 10.2 Å². The number of carboxylic acid groups (broad SMARTS) is 1. The molecule has 0 fully saturated rings. The summed E-state index contributed by atoms with van der Waals surface area (Å²) in [6, 6.07) is 4.62. The summed E-state index contributed by atoms with van der Waals surface area (Å²) in [6.45, 7) is 1.70. The summed E-state index contributed by atoms with van der Waals surface area (Å²) in [7, 11) is 0. The molecule has 104 valence electrons. The number of nitro benzene ring substituents is 1.